The van der Waals surface area contributed by atoms with Crippen molar-refractivity contribution in [1.29, 1.82) is 0 Å². The molecule has 8 heteroatoms. The van der Waals surface area contributed by atoms with Gasteiger partial charge in [-0.15, -0.1) is 0 Å². The summed E-state index contributed by atoms with van der Waals surface area (Å²) in [6, 6.07) is 12.3. The molecule has 0 unspecified atom stereocenters. The Balaban J connectivity index is 1.49. The fraction of sp³-hybridized carbons (Fsp3) is 0.455. The molecular weight excluding hydrogens is 418 g/mol. The molecule has 1 aliphatic heterocycles. The first kappa shape index (κ1) is 21.5. The molecule has 4 rings (SSSR count). The van der Waals surface area contributed by atoms with E-state index < -0.39 is 30.5 Å². The largest absolute Gasteiger partial charge is 0.493 e. The first-order valence-electron chi connectivity index (χ1n) is 9.83. The van der Waals surface area contributed by atoms with Gasteiger partial charge >= 0.3 is 5.92 Å². The quantitative estimate of drug-likeness (QED) is 0.641. The smallest absolute Gasteiger partial charge is 0.325 e. The van der Waals surface area contributed by atoms with Crippen molar-refractivity contribution in [3.05, 3.63) is 64.2 Å². The second-order valence-corrected chi connectivity index (χ2v) is 8.35. The molecule has 0 radical (unpaired) electrons. The Bertz CT molecular complexity index is 888. The molecule has 3 N–H and O–H groups in total. The highest BCUT2D eigenvalue weighted by atomic mass is 35.5. The van der Waals surface area contributed by atoms with Crippen molar-refractivity contribution < 1.29 is 33.6 Å². The monoisotopic (exact) mass is 440 g/mol. The van der Waals surface area contributed by atoms with E-state index in [1.807, 2.05) is 24.3 Å². The third kappa shape index (κ3) is 4.45. The van der Waals surface area contributed by atoms with Crippen LogP contribution < -0.4 is 4.74 Å². The second kappa shape index (κ2) is 8.40. The average Bonchev–Trinajstić information content (AvgIpc) is 3.55. The van der Waals surface area contributed by atoms with Crippen LogP contribution in [-0.4, -0.2) is 46.3 Å². The highest BCUT2D eigenvalue weighted by molar-refractivity contribution is 6.31. The first-order valence-corrected chi connectivity index (χ1v) is 10.2. The Labute approximate surface area is 177 Å². The number of ether oxygens (including phenoxy) is 2. The maximum Gasteiger partial charge on any atom is 0.325 e. The van der Waals surface area contributed by atoms with E-state index >= 15 is 0 Å². The van der Waals surface area contributed by atoms with Gasteiger partial charge in [0.25, 0.3) is 0 Å². The van der Waals surface area contributed by atoms with Gasteiger partial charge in [-0.1, -0.05) is 35.9 Å². The van der Waals surface area contributed by atoms with E-state index in [0.29, 0.717) is 28.5 Å². The van der Waals surface area contributed by atoms with Crippen LogP contribution in [0, 0.1) is 5.92 Å². The lowest BCUT2D eigenvalue weighted by Crippen LogP contribution is -2.58. The molecule has 1 saturated carbocycles. The van der Waals surface area contributed by atoms with Gasteiger partial charge < -0.3 is 24.8 Å². The van der Waals surface area contributed by atoms with Crippen LogP contribution in [0.4, 0.5) is 8.78 Å². The predicted molar refractivity (Wildman–Crippen MR) is 106 cm³/mol. The van der Waals surface area contributed by atoms with Gasteiger partial charge in [0.1, 0.15) is 18.0 Å². The molecule has 1 saturated heterocycles. The second-order valence-electron chi connectivity index (χ2n) is 7.94. The van der Waals surface area contributed by atoms with Crippen LogP contribution in [0.15, 0.2) is 42.5 Å². The summed E-state index contributed by atoms with van der Waals surface area (Å²) in [6.07, 6.45) is -5.30. The highest BCUT2D eigenvalue weighted by Gasteiger charge is 2.57. The molecule has 1 heterocycles. The summed E-state index contributed by atoms with van der Waals surface area (Å²) in [5, 5.41) is 29.8. The van der Waals surface area contributed by atoms with Crippen LogP contribution in [-0.2, 0) is 11.2 Å². The zero-order chi connectivity index (χ0) is 21.5. The van der Waals surface area contributed by atoms with Crippen LogP contribution in [0.1, 0.15) is 35.6 Å². The van der Waals surface area contributed by atoms with Crippen LogP contribution >= 0.6 is 11.6 Å². The molecular formula is C22H23ClF2O5. The molecule has 2 aromatic carbocycles. The van der Waals surface area contributed by atoms with Crippen LogP contribution in [0.2, 0.25) is 5.02 Å². The molecule has 162 valence electrons. The Morgan fingerprint density at radius 1 is 1.07 bits per heavy atom. The minimum absolute atomic E-state index is 0.333. The van der Waals surface area contributed by atoms with Crippen molar-refractivity contribution in [2.75, 3.05) is 6.61 Å². The summed E-state index contributed by atoms with van der Waals surface area (Å²) >= 11 is 6.30. The van der Waals surface area contributed by atoms with Gasteiger partial charge in [0.15, 0.2) is 6.10 Å². The summed E-state index contributed by atoms with van der Waals surface area (Å²) in [6.45, 7) is 0.730. The number of aliphatic hydroxyl groups is 3. The zero-order valence-electron chi connectivity index (χ0n) is 16.0. The molecule has 30 heavy (non-hydrogen) atoms. The van der Waals surface area contributed by atoms with Gasteiger partial charge in [0, 0.05) is 5.02 Å². The van der Waals surface area contributed by atoms with Crippen molar-refractivity contribution in [3.8, 4) is 5.75 Å². The standard InChI is InChI=1S/C22H23ClF2O5/c23-17-8-5-14(19-18(26)20(27)22(24,25)21(28)30-19)10-15(17)9-12-3-6-16(7-4-12)29-11-13-1-2-13/h3-8,10,13,18-21,26-28H,1-2,9,11H2/t18-,19-,20+,21-/m0/s1. The Kier molecular flexibility index (Phi) is 6.01. The number of hydrogen-bond donors (Lipinski definition) is 3. The molecule has 0 amide bonds. The van der Waals surface area contributed by atoms with Crippen LogP contribution in [0.5, 0.6) is 5.75 Å². The van der Waals surface area contributed by atoms with E-state index in [1.54, 1.807) is 12.1 Å². The van der Waals surface area contributed by atoms with E-state index in [1.165, 1.54) is 18.9 Å². The number of benzene rings is 2. The van der Waals surface area contributed by atoms with Crippen LogP contribution in [0.25, 0.3) is 0 Å². The van der Waals surface area contributed by atoms with Crippen molar-refractivity contribution in [3.63, 3.8) is 0 Å². The highest BCUT2D eigenvalue weighted by Crippen LogP contribution is 2.40. The third-order valence-corrected chi connectivity index (χ3v) is 5.90. The van der Waals surface area contributed by atoms with E-state index in [-0.39, 0.29) is 0 Å². The molecule has 2 fully saturated rings. The maximum absolute atomic E-state index is 13.7. The summed E-state index contributed by atoms with van der Waals surface area (Å²) in [5.41, 5.74) is 1.99. The van der Waals surface area contributed by atoms with E-state index in [2.05, 4.69) is 0 Å². The van der Waals surface area contributed by atoms with Gasteiger partial charge in [-0.2, -0.15) is 8.78 Å². The zero-order valence-corrected chi connectivity index (χ0v) is 16.8. The fourth-order valence-corrected chi connectivity index (χ4v) is 3.64. The van der Waals surface area contributed by atoms with Gasteiger partial charge in [-0.25, -0.2) is 0 Å². The van der Waals surface area contributed by atoms with Gasteiger partial charge in [0.05, 0.1) is 6.61 Å². The minimum atomic E-state index is -3.96. The van der Waals surface area contributed by atoms with Gasteiger partial charge in [-0.3, -0.25) is 0 Å². The number of halogens is 3. The minimum Gasteiger partial charge on any atom is -0.493 e. The Morgan fingerprint density at radius 3 is 2.43 bits per heavy atom. The molecule has 1 aliphatic carbocycles. The number of aliphatic hydroxyl groups excluding tert-OH is 3. The lowest BCUT2D eigenvalue weighted by atomic mass is 9.91. The summed E-state index contributed by atoms with van der Waals surface area (Å²) in [5.74, 6) is -2.50. The number of rotatable bonds is 6. The third-order valence-electron chi connectivity index (χ3n) is 5.53. The predicted octanol–water partition coefficient (Wildman–Crippen LogP) is 3.47. The van der Waals surface area contributed by atoms with Crippen molar-refractivity contribution in [2.24, 2.45) is 5.92 Å². The van der Waals surface area contributed by atoms with Crippen molar-refractivity contribution >= 4 is 11.6 Å². The van der Waals surface area contributed by atoms with E-state index in [4.69, 9.17) is 21.1 Å². The maximum atomic E-state index is 13.7. The first-order chi connectivity index (χ1) is 14.3. The van der Waals surface area contributed by atoms with E-state index in [9.17, 15) is 24.1 Å². The van der Waals surface area contributed by atoms with E-state index in [0.717, 1.165) is 17.9 Å². The molecule has 4 atom stereocenters. The SMILES string of the molecule is O[C@@H]1[C@@H](O)C(F)(F)[C@@H](O)O[C@H]1c1ccc(Cl)c(Cc2ccc(OCC3CC3)cc2)c1. The lowest BCUT2D eigenvalue weighted by molar-refractivity contribution is -0.345. The fourth-order valence-electron chi connectivity index (χ4n) is 3.45. The lowest BCUT2D eigenvalue weighted by Gasteiger charge is -2.40. The van der Waals surface area contributed by atoms with Gasteiger partial charge in [0.2, 0.25) is 6.29 Å². The molecule has 2 aromatic rings. The summed E-state index contributed by atoms with van der Waals surface area (Å²) < 4.78 is 38.0. The topological polar surface area (TPSA) is 79.2 Å². The average molecular weight is 441 g/mol. The van der Waals surface area contributed by atoms with Gasteiger partial charge in [-0.05, 0) is 60.1 Å². The van der Waals surface area contributed by atoms with Crippen LogP contribution in [0.3, 0.4) is 0 Å². The summed E-state index contributed by atoms with van der Waals surface area (Å²) in [4.78, 5) is 0. The number of alkyl halides is 2. The molecule has 0 aromatic heterocycles. The molecule has 0 spiro atoms. The Morgan fingerprint density at radius 2 is 1.77 bits per heavy atom. The van der Waals surface area contributed by atoms with Crippen molar-refractivity contribution in [2.45, 2.75) is 49.8 Å². The Hall–Kier alpha value is -1.77. The normalized spacial score (nSPS) is 28.3. The molecule has 2 aliphatic rings. The van der Waals surface area contributed by atoms with Crippen molar-refractivity contribution in [1.82, 2.24) is 0 Å². The number of hydrogen-bond acceptors (Lipinski definition) is 5. The molecule has 0 bridgehead atoms. The molecule has 5 nitrogen and oxygen atoms in total. The summed E-state index contributed by atoms with van der Waals surface area (Å²) in [7, 11) is 0.